The Morgan fingerprint density at radius 3 is 2.44 bits per heavy atom. The molecule has 0 N–H and O–H groups in total. The molecule has 0 radical (unpaired) electrons. The van der Waals surface area contributed by atoms with Crippen LogP contribution in [-0.4, -0.2) is 31.9 Å². The average molecular weight is 483 g/mol. The molecule has 34 heavy (non-hydrogen) atoms. The Hall–Kier alpha value is -3.70. The van der Waals surface area contributed by atoms with Gasteiger partial charge in [0, 0.05) is 24.1 Å². The number of ether oxygens (including phenoxy) is 1. The third-order valence-corrected chi connectivity index (χ3v) is 4.80. The molecule has 12 heteroatoms. The number of nitrogens with zero attached hydrogens (tertiary/aromatic N) is 3. The van der Waals surface area contributed by atoms with Gasteiger partial charge in [-0.15, -0.1) is 0 Å². The number of carbonyl (C=O) groups is 1. The number of halogens is 4. The van der Waals surface area contributed by atoms with E-state index in [0.717, 1.165) is 27.3 Å². The molecule has 8 nitrogen and oxygen atoms in total. The number of alkyl halides is 3. The predicted molar refractivity (Wildman–Crippen MR) is 114 cm³/mol. The van der Waals surface area contributed by atoms with Gasteiger partial charge in [0.15, 0.2) is 0 Å². The number of fused-ring (bicyclic) bond motifs is 1. The van der Waals surface area contributed by atoms with E-state index in [0.29, 0.717) is 0 Å². The number of aromatic nitrogens is 2. The fraction of sp³-hybridized carbons (Fsp3) is 0.364. The number of pyridine rings is 1. The second-order valence-corrected chi connectivity index (χ2v) is 8.65. The summed E-state index contributed by atoms with van der Waals surface area (Å²) in [5.41, 5.74) is -2.61. The molecule has 0 aliphatic carbocycles. The van der Waals surface area contributed by atoms with Crippen LogP contribution in [0, 0.1) is 15.9 Å². The van der Waals surface area contributed by atoms with Crippen molar-refractivity contribution in [1.82, 2.24) is 9.13 Å². The molecule has 2 heterocycles. The van der Waals surface area contributed by atoms with Gasteiger partial charge in [0.05, 0.1) is 22.7 Å². The second kappa shape index (κ2) is 8.92. The maximum Gasteiger partial charge on any atom is 0.419 e. The molecule has 2 aromatic heterocycles. The zero-order chi connectivity index (χ0) is 25.4. The zero-order valence-electron chi connectivity index (χ0n) is 18.5. The van der Waals surface area contributed by atoms with Crippen molar-refractivity contribution in [2.24, 2.45) is 0 Å². The van der Waals surface area contributed by atoms with Crippen molar-refractivity contribution >= 4 is 22.7 Å². The molecule has 0 saturated carbocycles. The van der Waals surface area contributed by atoms with Gasteiger partial charge in [-0.2, -0.15) is 13.2 Å². The van der Waals surface area contributed by atoms with E-state index in [9.17, 15) is 37.3 Å². The van der Waals surface area contributed by atoms with Crippen molar-refractivity contribution in [3.63, 3.8) is 0 Å². The SMILES string of the molecule is CC(C)(C)OC(=O)n1c(Cn2cccc([N+](=O)[O-])c2=O)cc2cc(F)cc(CCC(F)(F)F)c21. The van der Waals surface area contributed by atoms with Crippen LogP contribution in [0.5, 0.6) is 0 Å². The smallest absolute Gasteiger partial charge is 0.419 e. The summed E-state index contributed by atoms with van der Waals surface area (Å²) in [6, 6.07) is 5.59. The van der Waals surface area contributed by atoms with Crippen molar-refractivity contribution in [3.05, 3.63) is 74.1 Å². The van der Waals surface area contributed by atoms with E-state index in [-0.39, 0.29) is 28.7 Å². The van der Waals surface area contributed by atoms with Crippen LogP contribution >= 0.6 is 0 Å². The van der Waals surface area contributed by atoms with Crippen LogP contribution < -0.4 is 5.56 Å². The standard InChI is InChI=1S/C22H21F4N3O5/c1-21(2,3)34-20(31)28-16(12-27-8-4-5-17(19(27)30)29(32)33)11-14-10-15(23)9-13(18(14)28)6-7-22(24,25)26/h4-5,8-11H,6-7,12H2,1-3H3. The lowest BCUT2D eigenvalue weighted by Crippen LogP contribution is -2.29. The van der Waals surface area contributed by atoms with Crippen LogP contribution in [0.4, 0.5) is 28.0 Å². The van der Waals surface area contributed by atoms with Gasteiger partial charge >= 0.3 is 23.5 Å². The van der Waals surface area contributed by atoms with Crippen LogP contribution in [0.25, 0.3) is 10.9 Å². The summed E-state index contributed by atoms with van der Waals surface area (Å²) in [5.74, 6) is -0.801. The minimum Gasteiger partial charge on any atom is -0.443 e. The van der Waals surface area contributed by atoms with E-state index < -0.39 is 52.7 Å². The molecule has 0 bridgehead atoms. The summed E-state index contributed by atoms with van der Waals surface area (Å²) < 4.78 is 60.2. The van der Waals surface area contributed by atoms with Gasteiger partial charge in [0.1, 0.15) is 11.4 Å². The fourth-order valence-corrected chi connectivity index (χ4v) is 3.51. The molecule has 3 rings (SSSR count). The third kappa shape index (κ3) is 5.61. The maximum absolute atomic E-state index is 14.2. The predicted octanol–water partition coefficient (Wildman–Crippen LogP) is 5.18. The van der Waals surface area contributed by atoms with E-state index in [1.54, 1.807) is 20.8 Å². The lowest BCUT2D eigenvalue weighted by atomic mass is 10.1. The second-order valence-electron chi connectivity index (χ2n) is 8.65. The van der Waals surface area contributed by atoms with Crippen LogP contribution in [0.1, 0.15) is 38.4 Å². The summed E-state index contributed by atoms with van der Waals surface area (Å²) in [6.45, 7) is 4.41. The van der Waals surface area contributed by atoms with E-state index in [4.69, 9.17) is 4.74 Å². The van der Waals surface area contributed by atoms with Gasteiger partial charge in [0.2, 0.25) is 0 Å². The van der Waals surface area contributed by atoms with Gasteiger partial charge in [-0.3, -0.25) is 14.9 Å². The number of benzene rings is 1. The highest BCUT2D eigenvalue weighted by atomic mass is 19.4. The van der Waals surface area contributed by atoms with E-state index in [2.05, 4.69) is 0 Å². The summed E-state index contributed by atoms with van der Waals surface area (Å²) >= 11 is 0. The van der Waals surface area contributed by atoms with Crippen molar-refractivity contribution in [2.75, 3.05) is 0 Å². The summed E-state index contributed by atoms with van der Waals surface area (Å²) in [5, 5.41) is 11.2. The van der Waals surface area contributed by atoms with Crippen molar-refractivity contribution < 1.29 is 32.0 Å². The fourth-order valence-electron chi connectivity index (χ4n) is 3.51. The summed E-state index contributed by atoms with van der Waals surface area (Å²) in [4.78, 5) is 35.8. The quantitative estimate of drug-likeness (QED) is 0.283. The van der Waals surface area contributed by atoms with Crippen molar-refractivity contribution in [3.8, 4) is 0 Å². The van der Waals surface area contributed by atoms with E-state index >= 15 is 0 Å². The van der Waals surface area contributed by atoms with Gasteiger partial charge in [-0.25, -0.2) is 13.8 Å². The minimum atomic E-state index is -4.51. The molecule has 0 fully saturated rings. The molecule has 0 atom stereocenters. The van der Waals surface area contributed by atoms with Crippen LogP contribution in [0.2, 0.25) is 0 Å². The largest absolute Gasteiger partial charge is 0.443 e. The molecular formula is C22H21F4N3O5. The zero-order valence-corrected chi connectivity index (χ0v) is 18.5. The highest BCUT2D eigenvalue weighted by Crippen LogP contribution is 2.30. The Bertz CT molecular complexity index is 1320. The number of hydrogen-bond donors (Lipinski definition) is 0. The first-order valence-corrected chi connectivity index (χ1v) is 10.1. The first-order chi connectivity index (χ1) is 15.7. The normalized spacial score (nSPS) is 12.2. The van der Waals surface area contributed by atoms with E-state index in [1.807, 2.05) is 0 Å². The Morgan fingerprint density at radius 2 is 1.85 bits per heavy atom. The van der Waals surface area contributed by atoms with E-state index in [1.165, 1.54) is 18.3 Å². The number of aryl methyl sites for hydroxylation is 1. The Balaban J connectivity index is 2.22. The monoisotopic (exact) mass is 483 g/mol. The molecule has 3 aromatic rings. The lowest BCUT2D eigenvalue weighted by molar-refractivity contribution is -0.386. The molecule has 1 aromatic carbocycles. The van der Waals surface area contributed by atoms with Crippen LogP contribution in [-0.2, 0) is 17.7 Å². The number of rotatable bonds is 5. The summed E-state index contributed by atoms with van der Waals surface area (Å²) in [7, 11) is 0. The van der Waals surface area contributed by atoms with Gasteiger partial charge in [0.25, 0.3) is 0 Å². The molecule has 182 valence electrons. The first-order valence-electron chi connectivity index (χ1n) is 10.1. The average Bonchev–Trinajstić information content (AvgIpc) is 3.03. The molecule has 0 unspecified atom stereocenters. The minimum absolute atomic E-state index is 0.00776. The third-order valence-electron chi connectivity index (χ3n) is 4.80. The van der Waals surface area contributed by atoms with Crippen molar-refractivity contribution in [2.45, 2.75) is 51.9 Å². The Morgan fingerprint density at radius 1 is 1.18 bits per heavy atom. The van der Waals surface area contributed by atoms with Gasteiger partial charge < -0.3 is 9.30 Å². The number of nitro groups is 1. The number of hydrogen-bond acceptors (Lipinski definition) is 5. The van der Waals surface area contributed by atoms with Crippen LogP contribution in [0.3, 0.4) is 0 Å². The Kier molecular flexibility index (Phi) is 6.54. The molecule has 0 aliphatic rings. The number of carbonyl (C=O) groups excluding carboxylic acids is 1. The lowest BCUT2D eigenvalue weighted by Gasteiger charge is -2.21. The molecular weight excluding hydrogens is 462 g/mol. The summed E-state index contributed by atoms with van der Waals surface area (Å²) in [6.07, 6.45) is -6.04. The highest BCUT2D eigenvalue weighted by molar-refractivity contribution is 5.93. The first kappa shape index (κ1) is 24.9. The van der Waals surface area contributed by atoms with Crippen LogP contribution in [0.15, 0.2) is 41.3 Å². The maximum atomic E-state index is 14.2. The topological polar surface area (TPSA) is 96.4 Å². The van der Waals surface area contributed by atoms with Gasteiger partial charge in [-0.1, -0.05) is 0 Å². The van der Waals surface area contributed by atoms with Gasteiger partial charge in [-0.05, 0) is 57.0 Å². The Labute approximate surface area is 190 Å². The molecule has 0 amide bonds. The molecule has 0 spiro atoms. The molecule has 0 aliphatic heterocycles. The molecule has 0 saturated heterocycles. The highest BCUT2D eigenvalue weighted by Gasteiger charge is 2.29. The van der Waals surface area contributed by atoms with Crippen molar-refractivity contribution in [1.29, 1.82) is 0 Å².